The molecule has 0 spiro atoms. The van der Waals surface area contributed by atoms with E-state index in [0.29, 0.717) is 18.9 Å². The first-order valence-electron chi connectivity index (χ1n) is 6.64. The van der Waals surface area contributed by atoms with Gasteiger partial charge in [-0.25, -0.2) is 0 Å². The summed E-state index contributed by atoms with van der Waals surface area (Å²) in [5.74, 6) is 0.626. The van der Waals surface area contributed by atoms with Gasteiger partial charge in [0.15, 0.2) is 0 Å². The van der Waals surface area contributed by atoms with Gasteiger partial charge in [-0.2, -0.15) is 5.10 Å². The number of amides is 1. The summed E-state index contributed by atoms with van der Waals surface area (Å²) in [5, 5.41) is 6.86. The Labute approximate surface area is 109 Å². The number of anilines is 1. The summed E-state index contributed by atoms with van der Waals surface area (Å²) in [4.78, 5) is 11.8. The van der Waals surface area contributed by atoms with E-state index in [9.17, 15) is 4.79 Å². The van der Waals surface area contributed by atoms with Crippen molar-refractivity contribution in [2.45, 2.75) is 39.0 Å². The Hall–Kier alpha value is -1.36. The first-order valence-corrected chi connectivity index (χ1v) is 6.64. The molecule has 1 amide bonds. The van der Waals surface area contributed by atoms with Crippen LogP contribution in [0.5, 0.6) is 0 Å². The summed E-state index contributed by atoms with van der Waals surface area (Å²) in [6.07, 6.45) is 8.22. The minimum absolute atomic E-state index is 0.0566. The number of hydrogen-bond acceptors (Lipinski definition) is 3. The summed E-state index contributed by atoms with van der Waals surface area (Å²) >= 11 is 0. The van der Waals surface area contributed by atoms with Crippen molar-refractivity contribution in [1.29, 1.82) is 0 Å². The molecule has 5 heteroatoms. The van der Waals surface area contributed by atoms with Crippen molar-refractivity contribution < 1.29 is 4.79 Å². The predicted octanol–water partition coefficient (Wildman–Crippen LogP) is 1.90. The number of nitrogens with one attached hydrogen (secondary N) is 1. The lowest BCUT2D eigenvalue weighted by molar-refractivity contribution is -0.116. The highest BCUT2D eigenvalue weighted by atomic mass is 16.1. The van der Waals surface area contributed by atoms with E-state index in [2.05, 4.69) is 17.3 Å². The van der Waals surface area contributed by atoms with Crippen LogP contribution in [0.2, 0.25) is 0 Å². The second kappa shape index (κ2) is 7.87. The fraction of sp³-hybridized carbons (Fsp3) is 0.692. The molecule has 0 radical (unpaired) electrons. The Bertz CT molecular complexity index is 356. The molecule has 0 aliphatic heterocycles. The first kappa shape index (κ1) is 14.7. The zero-order valence-electron chi connectivity index (χ0n) is 11.4. The molecule has 0 aliphatic rings. The highest BCUT2D eigenvalue weighted by Crippen LogP contribution is 2.17. The van der Waals surface area contributed by atoms with Crippen molar-refractivity contribution in [2.24, 2.45) is 18.7 Å². The van der Waals surface area contributed by atoms with E-state index in [1.165, 1.54) is 0 Å². The van der Waals surface area contributed by atoms with Crippen molar-refractivity contribution in [3.05, 3.63) is 12.4 Å². The van der Waals surface area contributed by atoms with Gasteiger partial charge < -0.3 is 11.1 Å². The van der Waals surface area contributed by atoms with Crippen molar-refractivity contribution in [3.63, 3.8) is 0 Å². The number of nitrogens with zero attached hydrogens (tertiary/aromatic N) is 2. The van der Waals surface area contributed by atoms with Crippen LogP contribution in [0.4, 0.5) is 5.69 Å². The maximum Gasteiger partial charge on any atom is 0.224 e. The molecule has 1 atom stereocenters. The van der Waals surface area contributed by atoms with Gasteiger partial charge in [0.05, 0.1) is 11.9 Å². The largest absolute Gasteiger partial charge is 0.330 e. The van der Waals surface area contributed by atoms with Crippen LogP contribution in [0.1, 0.15) is 39.0 Å². The Morgan fingerprint density at radius 3 is 2.83 bits per heavy atom. The Balaban J connectivity index is 2.30. The van der Waals surface area contributed by atoms with Gasteiger partial charge in [0.1, 0.15) is 0 Å². The van der Waals surface area contributed by atoms with Crippen LogP contribution in [0.25, 0.3) is 0 Å². The number of aromatic nitrogens is 2. The molecule has 102 valence electrons. The molecular weight excluding hydrogens is 228 g/mol. The first-order chi connectivity index (χ1) is 8.65. The lowest BCUT2D eigenvalue weighted by atomic mass is 9.94. The van der Waals surface area contributed by atoms with E-state index in [4.69, 9.17) is 5.73 Å². The van der Waals surface area contributed by atoms with Crippen LogP contribution < -0.4 is 11.1 Å². The number of carbonyl (C=O) groups is 1. The van der Waals surface area contributed by atoms with E-state index in [1.54, 1.807) is 17.1 Å². The highest BCUT2D eigenvalue weighted by Gasteiger charge is 2.10. The molecule has 0 saturated carbocycles. The third-order valence-electron chi connectivity index (χ3n) is 3.04. The van der Waals surface area contributed by atoms with Gasteiger partial charge in [-0.05, 0) is 25.3 Å². The fourth-order valence-electron chi connectivity index (χ4n) is 2.12. The topological polar surface area (TPSA) is 72.9 Å². The summed E-state index contributed by atoms with van der Waals surface area (Å²) in [5.41, 5.74) is 6.34. The minimum Gasteiger partial charge on any atom is -0.330 e. The average Bonchev–Trinajstić information content (AvgIpc) is 2.72. The van der Waals surface area contributed by atoms with E-state index in [-0.39, 0.29) is 5.91 Å². The van der Waals surface area contributed by atoms with Gasteiger partial charge in [-0.3, -0.25) is 9.48 Å². The standard InChI is InChI=1S/C13H24N4O/c1-3-4-11(7-8-14)5-6-13(18)16-12-9-15-17(2)10-12/h9-11H,3-8,14H2,1-2H3,(H,16,18). The maximum atomic E-state index is 11.8. The molecule has 0 saturated heterocycles. The van der Waals surface area contributed by atoms with Crippen LogP contribution in [-0.2, 0) is 11.8 Å². The van der Waals surface area contributed by atoms with Gasteiger partial charge >= 0.3 is 0 Å². The maximum absolute atomic E-state index is 11.8. The van der Waals surface area contributed by atoms with Crippen LogP contribution in [0.15, 0.2) is 12.4 Å². The zero-order chi connectivity index (χ0) is 13.4. The normalized spacial score (nSPS) is 12.4. The fourth-order valence-corrected chi connectivity index (χ4v) is 2.12. The second-order valence-electron chi connectivity index (χ2n) is 4.72. The lowest BCUT2D eigenvalue weighted by Gasteiger charge is -2.14. The van der Waals surface area contributed by atoms with Gasteiger partial charge in [0.2, 0.25) is 5.91 Å². The van der Waals surface area contributed by atoms with Crippen LogP contribution in [-0.4, -0.2) is 22.2 Å². The molecule has 5 nitrogen and oxygen atoms in total. The second-order valence-corrected chi connectivity index (χ2v) is 4.72. The summed E-state index contributed by atoms with van der Waals surface area (Å²) in [7, 11) is 1.83. The Morgan fingerprint density at radius 1 is 1.50 bits per heavy atom. The van der Waals surface area contributed by atoms with E-state index >= 15 is 0 Å². The number of aryl methyl sites for hydroxylation is 1. The number of carbonyl (C=O) groups excluding carboxylic acids is 1. The monoisotopic (exact) mass is 252 g/mol. The molecule has 0 fully saturated rings. The molecule has 0 bridgehead atoms. The molecule has 1 aromatic rings. The third kappa shape index (κ3) is 5.31. The van der Waals surface area contributed by atoms with E-state index in [1.807, 2.05) is 7.05 Å². The molecular formula is C13H24N4O. The van der Waals surface area contributed by atoms with Crippen LogP contribution >= 0.6 is 0 Å². The number of nitrogens with two attached hydrogens (primary N) is 1. The number of rotatable bonds is 8. The lowest BCUT2D eigenvalue weighted by Crippen LogP contribution is -2.15. The van der Waals surface area contributed by atoms with Gasteiger partial charge in [0, 0.05) is 19.7 Å². The molecule has 1 rings (SSSR count). The van der Waals surface area contributed by atoms with E-state index in [0.717, 1.165) is 31.4 Å². The quantitative estimate of drug-likeness (QED) is 0.742. The van der Waals surface area contributed by atoms with Crippen molar-refractivity contribution in [3.8, 4) is 0 Å². The number of hydrogen-bond donors (Lipinski definition) is 2. The summed E-state index contributed by atoms with van der Waals surface area (Å²) in [6, 6.07) is 0. The zero-order valence-corrected chi connectivity index (χ0v) is 11.4. The van der Waals surface area contributed by atoms with Crippen molar-refractivity contribution >= 4 is 11.6 Å². The molecule has 1 heterocycles. The minimum atomic E-state index is 0.0566. The molecule has 0 aromatic carbocycles. The van der Waals surface area contributed by atoms with Crippen molar-refractivity contribution in [2.75, 3.05) is 11.9 Å². The Kier molecular flexibility index (Phi) is 6.43. The van der Waals surface area contributed by atoms with Gasteiger partial charge in [-0.15, -0.1) is 0 Å². The van der Waals surface area contributed by atoms with Crippen LogP contribution in [0.3, 0.4) is 0 Å². The third-order valence-corrected chi connectivity index (χ3v) is 3.04. The molecule has 18 heavy (non-hydrogen) atoms. The highest BCUT2D eigenvalue weighted by molar-refractivity contribution is 5.90. The van der Waals surface area contributed by atoms with Crippen molar-refractivity contribution in [1.82, 2.24) is 9.78 Å². The van der Waals surface area contributed by atoms with E-state index < -0.39 is 0 Å². The van der Waals surface area contributed by atoms with Gasteiger partial charge in [0.25, 0.3) is 0 Å². The molecule has 0 aliphatic carbocycles. The van der Waals surface area contributed by atoms with Crippen LogP contribution in [0, 0.1) is 5.92 Å². The summed E-state index contributed by atoms with van der Waals surface area (Å²) in [6.45, 7) is 2.87. The SMILES string of the molecule is CCCC(CCN)CCC(=O)Nc1cnn(C)c1. The molecule has 1 aromatic heterocycles. The smallest absolute Gasteiger partial charge is 0.224 e. The molecule has 3 N–H and O–H groups in total. The predicted molar refractivity (Wildman–Crippen MR) is 73.1 cm³/mol. The van der Waals surface area contributed by atoms with Gasteiger partial charge in [-0.1, -0.05) is 19.8 Å². The summed E-state index contributed by atoms with van der Waals surface area (Å²) < 4.78 is 1.67. The Morgan fingerprint density at radius 2 is 2.28 bits per heavy atom. The molecule has 1 unspecified atom stereocenters. The average molecular weight is 252 g/mol.